The number of hydrogen-bond donors (Lipinski definition) is 1. The monoisotopic (exact) mass is 559 g/mol. The lowest BCUT2D eigenvalue weighted by Crippen LogP contribution is -2.53. The predicted molar refractivity (Wildman–Crippen MR) is 154 cm³/mol. The van der Waals surface area contributed by atoms with Crippen molar-refractivity contribution in [3.05, 3.63) is 114 Å². The molecule has 0 spiro atoms. The number of amides is 1. The van der Waals surface area contributed by atoms with E-state index in [9.17, 15) is 17.6 Å². The number of rotatable bonds is 7. The van der Waals surface area contributed by atoms with Gasteiger partial charge in [-0.05, 0) is 86.1 Å². The first-order chi connectivity index (χ1) is 19.2. The molecule has 0 aromatic heterocycles. The van der Waals surface area contributed by atoms with E-state index in [1.807, 2.05) is 62.4 Å². The van der Waals surface area contributed by atoms with Crippen molar-refractivity contribution in [2.75, 3.05) is 29.9 Å². The van der Waals surface area contributed by atoms with Crippen LogP contribution in [-0.2, 0) is 10.0 Å². The Kier molecular flexibility index (Phi) is 7.86. The molecule has 9 heteroatoms. The second-order valence-corrected chi connectivity index (χ2v) is 11.7. The van der Waals surface area contributed by atoms with Gasteiger partial charge in [0.05, 0.1) is 0 Å². The van der Waals surface area contributed by atoms with Gasteiger partial charge in [0.2, 0.25) is 10.0 Å². The Hall–Kier alpha value is -4.21. The highest BCUT2D eigenvalue weighted by molar-refractivity contribution is 7.89. The van der Waals surface area contributed by atoms with Crippen molar-refractivity contribution in [3.63, 3.8) is 0 Å². The van der Waals surface area contributed by atoms with Crippen molar-refractivity contribution >= 4 is 27.3 Å². The molecule has 1 saturated heterocycles. The molecule has 206 valence electrons. The standard InChI is InChI=1S/C31H30FN3O4S/c1-22-7-6-8-26(19-22)35-18-17-34(21-23(35)2)40(37,38)30-20-24(11-16-29(30)32)31(36)33-25-12-14-28(15-13-25)39-27-9-4-3-5-10-27/h3-16,19-20,23H,17-18,21H2,1-2H3,(H,33,36)/t23-/m0/s1. The lowest BCUT2D eigenvalue weighted by molar-refractivity contribution is 0.102. The number of anilines is 2. The number of nitrogens with zero attached hydrogens (tertiary/aromatic N) is 2. The van der Waals surface area contributed by atoms with E-state index in [0.717, 1.165) is 23.4 Å². The van der Waals surface area contributed by atoms with Gasteiger partial charge in [-0.1, -0.05) is 30.3 Å². The van der Waals surface area contributed by atoms with E-state index < -0.39 is 26.6 Å². The van der Waals surface area contributed by atoms with Crippen LogP contribution in [0, 0.1) is 12.7 Å². The number of nitrogens with one attached hydrogen (secondary N) is 1. The minimum Gasteiger partial charge on any atom is -0.457 e. The molecule has 1 aliphatic heterocycles. The van der Waals surface area contributed by atoms with Crippen molar-refractivity contribution in [1.29, 1.82) is 0 Å². The van der Waals surface area contributed by atoms with Gasteiger partial charge in [-0.25, -0.2) is 12.8 Å². The minimum atomic E-state index is -4.17. The number of hydrogen-bond acceptors (Lipinski definition) is 5. The number of piperazine rings is 1. The molecule has 5 rings (SSSR count). The molecule has 1 aliphatic rings. The summed E-state index contributed by atoms with van der Waals surface area (Å²) in [6, 6.07) is 27.4. The fraction of sp³-hybridized carbons (Fsp3) is 0.194. The molecule has 1 atom stereocenters. The van der Waals surface area contributed by atoms with Crippen molar-refractivity contribution in [2.24, 2.45) is 0 Å². The van der Waals surface area contributed by atoms with Crippen molar-refractivity contribution < 1.29 is 22.3 Å². The maximum absolute atomic E-state index is 14.9. The van der Waals surface area contributed by atoms with E-state index in [1.54, 1.807) is 24.3 Å². The quantitative estimate of drug-likeness (QED) is 0.297. The maximum Gasteiger partial charge on any atom is 0.255 e. The van der Waals surface area contributed by atoms with E-state index >= 15 is 0 Å². The zero-order chi connectivity index (χ0) is 28.3. The Morgan fingerprint density at radius 3 is 2.33 bits per heavy atom. The molecule has 4 aromatic rings. The average Bonchev–Trinajstić information content (AvgIpc) is 2.94. The van der Waals surface area contributed by atoms with Gasteiger partial charge < -0.3 is 15.0 Å². The summed E-state index contributed by atoms with van der Waals surface area (Å²) in [4.78, 5) is 14.6. The largest absolute Gasteiger partial charge is 0.457 e. The van der Waals surface area contributed by atoms with E-state index in [1.165, 1.54) is 10.4 Å². The number of benzene rings is 4. The molecular formula is C31H30FN3O4S. The molecule has 7 nitrogen and oxygen atoms in total. The summed E-state index contributed by atoms with van der Waals surface area (Å²) in [7, 11) is -4.17. The number of carbonyl (C=O) groups excluding carboxylic acids is 1. The highest BCUT2D eigenvalue weighted by Gasteiger charge is 2.34. The number of aryl methyl sites for hydroxylation is 1. The lowest BCUT2D eigenvalue weighted by Gasteiger charge is -2.40. The fourth-order valence-corrected chi connectivity index (χ4v) is 6.35. The molecule has 1 heterocycles. The van der Waals surface area contributed by atoms with E-state index in [-0.39, 0.29) is 24.7 Å². The smallest absolute Gasteiger partial charge is 0.255 e. The van der Waals surface area contributed by atoms with Gasteiger partial charge >= 0.3 is 0 Å². The summed E-state index contributed by atoms with van der Waals surface area (Å²) in [6.45, 7) is 4.82. The maximum atomic E-state index is 14.9. The van der Waals surface area contributed by atoms with E-state index in [2.05, 4.69) is 16.3 Å². The van der Waals surface area contributed by atoms with E-state index in [0.29, 0.717) is 23.7 Å². The van der Waals surface area contributed by atoms with Crippen LogP contribution in [0.25, 0.3) is 0 Å². The Balaban J connectivity index is 1.28. The van der Waals surface area contributed by atoms with Gasteiger partial charge in [0.15, 0.2) is 0 Å². The van der Waals surface area contributed by atoms with Crippen LogP contribution in [0.5, 0.6) is 11.5 Å². The highest BCUT2D eigenvalue weighted by Crippen LogP contribution is 2.28. The molecule has 0 bridgehead atoms. The predicted octanol–water partition coefficient (Wildman–Crippen LogP) is 6.08. The number of ether oxygens (including phenoxy) is 1. The highest BCUT2D eigenvalue weighted by atomic mass is 32.2. The third-order valence-electron chi connectivity index (χ3n) is 6.83. The Labute approximate surface area is 233 Å². The minimum absolute atomic E-state index is 0.0380. The fourth-order valence-electron chi connectivity index (χ4n) is 4.75. The van der Waals surface area contributed by atoms with Crippen molar-refractivity contribution in [3.8, 4) is 11.5 Å². The third-order valence-corrected chi connectivity index (χ3v) is 8.71. The molecule has 0 saturated carbocycles. The zero-order valence-electron chi connectivity index (χ0n) is 22.2. The molecule has 0 radical (unpaired) electrons. The molecule has 0 aliphatic carbocycles. The van der Waals surface area contributed by atoms with Crippen LogP contribution >= 0.6 is 0 Å². The molecule has 1 amide bonds. The summed E-state index contributed by atoms with van der Waals surface area (Å²) in [5, 5.41) is 2.73. The van der Waals surface area contributed by atoms with Gasteiger partial charge in [0.1, 0.15) is 22.2 Å². The second-order valence-electron chi connectivity index (χ2n) is 9.78. The van der Waals surface area contributed by atoms with Crippen LogP contribution in [0.1, 0.15) is 22.8 Å². The Bertz CT molecular complexity index is 1610. The van der Waals surface area contributed by atoms with Crippen molar-refractivity contribution in [1.82, 2.24) is 4.31 Å². The summed E-state index contributed by atoms with van der Waals surface area (Å²) >= 11 is 0. The van der Waals surface area contributed by atoms with Gasteiger partial charge in [-0.3, -0.25) is 4.79 Å². The molecule has 0 unspecified atom stereocenters. The third kappa shape index (κ3) is 6.00. The topological polar surface area (TPSA) is 79.0 Å². The van der Waals surface area contributed by atoms with Gasteiger partial charge in [-0.2, -0.15) is 4.31 Å². The summed E-state index contributed by atoms with van der Waals surface area (Å²) in [6.07, 6.45) is 0. The van der Waals surface area contributed by atoms with Crippen LogP contribution in [0.15, 0.2) is 102 Å². The number of carbonyl (C=O) groups is 1. The first-order valence-electron chi connectivity index (χ1n) is 13.0. The molecule has 1 fully saturated rings. The normalized spacial score (nSPS) is 16.0. The van der Waals surface area contributed by atoms with Crippen LogP contribution in [0.2, 0.25) is 0 Å². The first-order valence-corrected chi connectivity index (χ1v) is 14.4. The average molecular weight is 560 g/mol. The van der Waals surface area contributed by atoms with Gasteiger partial charge in [0.25, 0.3) is 5.91 Å². The Morgan fingerprint density at radius 1 is 0.900 bits per heavy atom. The zero-order valence-corrected chi connectivity index (χ0v) is 23.1. The molecule has 1 N–H and O–H groups in total. The van der Waals surface area contributed by atoms with Crippen LogP contribution in [0.4, 0.5) is 15.8 Å². The van der Waals surface area contributed by atoms with Gasteiger partial charge in [-0.15, -0.1) is 0 Å². The summed E-state index contributed by atoms with van der Waals surface area (Å²) in [5.74, 6) is -0.167. The number of sulfonamides is 1. The van der Waals surface area contributed by atoms with Crippen LogP contribution in [0.3, 0.4) is 0 Å². The lowest BCUT2D eigenvalue weighted by atomic mass is 10.1. The molecule has 4 aromatic carbocycles. The number of para-hydroxylation sites is 1. The summed E-state index contributed by atoms with van der Waals surface area (Å²) in [5.41, 5.74) is 2.67. The SMILES string of the molecule is Cc1cccc(N2CCN(S(=O)(=O)c3cc(C(=O)Nc4ccc(Oc5ccccc5)cc4)ccc3F)C[C@@H]2C)c1. The van der Waals surface area contributed by atoms with Gasteiger partial charge in [0, 0.05) is 42.6 Å². The van der Waals surface area contributed by atoms with E-state index in [4.69, 9.17) is 4.74 Å². The van der Waals surface area contributed by atoms with Crippen LogP contribution < -0.4 is 15.0 Å². The molecular weight excluding hydrogens is 529 g/mol. The Morgan fingerprint density at radius 2 is 1.62 bits per heavy atom. The first kappa shape index (κ1) is 27.4. The second kappa shape index (κ2) is 11.5. The van der Waals surface area contributed by atoms with Crippen LogP contribution in [-0.4, -0.2) is 44.3 Å². The van der Waals surface area contributed by atoms with Crippen molar-refractivity contribution in [2.45, 2.75) is 24.8 Å². The number of halogens is 1. The molecule has 40 heavy (non-hydrogen) atoms. The summed E-state index contributed by atoms with van der Waals surface area (Å²) < 4.78 is 48.9.